The number of nitrogens with one attached hydrogen (secondary N) is 2. The zero-order valence-corrected chi connectivity index (χ0v) is 17.1. The van der Waals surface area contributed by atoms with E-state index in [9.17, 15) is 13.2 Å². The van der Waals surface area contributed by atoms with Crippen LogP contribution in [0.3, 0.4) is 0 Å². The number of hydrogen-bond donors (Lipinski definition) is 2. The molecule has 1 unspecified atom stereocenters. The number of amides is 1. The minimum atomic E-state index is -3.62. The van der Waals surface area contributed by atoms with Crippen molar-refractivity contribution in [3.8, 4) is 0 Å². The van der Waals surface area contributed by atoms with Gasteiger partial charge in [-0.3, -0.25) is 14.5 Å². The molecule has 1 atom stereocenters. The van der Waals surface area contributed by atoms with Crippen LogP contribution in [0.25, 0.3) is 0 Å². The van der Waals surface area contributed by atoms with Crippen molar-refractivity contribution in [3.05, 3.63) is 65.2 Å². The van der Waals surface area contributed by atoms with Crippen molar-refractivity contribution in [2.45, 2.75) is 38.1 Å². The summed E-state index contributed by atoms with van der Waals surface area (Å²) in [5.41, 5.74) is 2.88. The molecule has 1 aliphatic heterocycles. The van der Waals surface area contributed by atoms with Crippen LogP contribution >= 0.6 is 0 Å². The molecule has 3 rings (SSSR count). The Bertz CT molecular complexity index is 1010. The lowest BCUT2D eigenvalue weighted by atomic mass is 10.0. The van der Waals surface area contributed by atoms with Crippen LogP contribution in [0.15, 0.2) is 58.4 Å². The molecule has 1 aliphatic rings. The summed E-state index contributed by atoms with van der Waals surface area (Å²) in [6.45, 7) is 6.33. The first-order chi connectivity index (χ1) is 13.3. The van der Waals surface area contributed by atoms with E-state index >= 15 is 0 Å². The SMILES string of the molecule is Cc1ccccc1CCNC(=O)C(N=C1NS(=O)(=O)c2ccccc21)C(C)C. The molecule has 2 aromatic carbocycles. The Morgan fingerprint density at radius 2 is 1.79 bits per heavy atom. The van der Waals surface area contributed by atoms with Crippen LogP contribution in [-0.2, 0) is 21.2 Å². The third-order valence-corrected chi connectivity index (χ3v) is 6.18. The van der Waals surface area contributed by atoms with Crippen LogP contribution in [0.5, 0.6) is 0 Å². The molecule has 28 heavy (non-hydrogen) atoms. The minimum Gasteiger partial charge on any atom is -0.354 e. The lowest BCUT2D eigenvalue weighted by Gasteiger charge is -2.17. The third kappa shape index (κ3) is 4.25. The maximum Gasteiger partial charge on any atom is 0.263 e. The lowest BCUT2D eigenvalue weighted by molar-refractivity contribution is -0.123. The van der Waals surface area contributed by atoms with E-state index in [0.29, 0.717) is 12.1 Å². The van der Waals surface area contributed by atoms with E-state index in [1.165, 1.54) is 17.2 Å². The summed E-state index contributed by atoms with van der Waals surface area (Å²) < 4.78 is 27.0. The smallest absolute Gasteiger partial charge is 0.263 e. The number of benzene rings is 2. The monoisotopic (exact) mass is 399 g/mol. The van der Waals surface area contributed by atoms with Gasteiger partial charge in [-0.25, -0.2) is 8.42 Å². The average Bonchev–Trinajstić information content (AvgIpc) is 2.91. The molecule has 0 spiro atoms. The quantitative estimate of drug-likeness (QED) is 0.782. The molecule has 1 heterocycles. The van der Waals surface area contributed by atoms with Crippen LogP contribution in [0.4, 0.5) is 0 Å². The summed E-state index contributed by atoms with van der Waals surface area (Å²) in [5, 5.41) is 2.94. The molecule has 2 N–H and O–H groups in total. The Balaban J connectivity index is 1.74. The van der Waals surface area contributed by atoms with Gasteiger partial charge in [0, 0.05) is 12.1 Å². The van der Waals surface area contributed by atoms with Crippen LogP contribution < -0.4 is 10.0 Å². The summed E-state index contributed by atoms with van der Waals surface area (Å²) >= 11 is 0. The minimum absolute atomic E-state index is 0.0803. The predicted molar refractivity (Wildman–Crippen MR) is 110 cm³/mol. The Kier molecular flexibility index (Phi) is 5.84. The maximum absolute atomic E-state index is 12.7. The molecular weight excluding hydrogens is 374 g/mol. The van der Waals surface area contributed by atoms with Crippen LogP contribution in [0.1, 0.15) is 30.5 Å². The van der Waals surface area contributed by atoms with Crippen molar-refractivity contribution in [1.29, 1.82) is 0 Å². The van der Waals surface area contributed by atoms with Gasteiger partial charge in [0.25, 0.3) is 10.0 Å². The second-order valence-corrected chi connectivity index (χ2v) is 8.89. The first kappa shape index (κ1) is 20.1. The topological polar surface area (TPSA) is 87.6 Å². The number of amidine groups is 1. The van der Waals surface area contributed by atoms with Gasteiger partial charge in [-0.1, -0.05) is 50.2 Å². The first-order valence-corrected chi connectivity index (χ1v) is 10.8. The van der Waals surface area contributed by atoms with E-state index < -0.39 is 16.1 Å². The number of sulfonamides is 1. The number of carbonyl (C=O) groups is 1. The number of nitrogens with zero attached hydrogens (tertiary/aromatic N) is 1. The fourth-order valence-electron chi connectivity index (χ4n) is 3.19. The van der Waals surface area contributed by atoms with Gasteiger partial charge in [0.05, 0.1) is 4.90 Å². The molecule has 1 amide bonds. The summed E-state index contributed by atoms with van der Waals surface area (Å²) in [7, 11) is -3.62. The summed E-state index contributed by atoms with van der Waals surface area (Å²) in [6, 6.07) is 14.0. The largest absolute Gasteiger partial charge is 0.354 e. The highest BCUT2D eigenvalue weighted by molar-refractivity contribution is 7.90. The van der Waals surface area contributed by atoms with Crippen molar-refractivity contribution in [3.63, 3.8) is 0 Å². The number of hydrogen-bond acceptors (Lipinski definition) is 4. The molecular formula is C21H25N3O3S. The van der Waals surface area contributed by atoms with E-state index in [2.05, 4.69) is 15.0 Å². The molecule has 0 saturated heterocycles. The molecule has 0 aromatic heterocycles. The number of carbonyl (C=O) groups excluding carboxylic acids is 1. The van der Waals surface area contributed by atoms with Crippen LogP contribution in [0, 0.1) is 12.8 Å². The average molecular weight is 400 g/mol. The zero-order valence-electron chi connectivity index (χ0n) is 16.3. The van der Waals surface area contributed by atoms with E-state index in [1.54, 1.807) is 18.2 Å². The molecule has 7 heteroatoms. The second kappa shape index (κ2) is 8.14. The molecule has 0 fully saturated rings. The predicted octanol–water partition coefficient (Wildman–Crippen LogP) is 2.42. The Labute approximate surface area is 166 Å². The van der Waals surface area contributed by atoms with Gasteiger partial charge in [-0.2, -0.15) is 0 Å². The molecule has 2 aromatic rings. The molecule has 0 bridgehead atoms. The van der Waals surface area contributed by atoms with E-state index in [4.69, 9.17) is 0 Å². The Hall–Kier alpha value is -2.67. The highest BCUT2D eigenvalue weighted by atomic mass is 32.2. The number of fused-ring (bicyclic) bond motifs is 1. The van der Waals surface area contributed by atoms with Gasteiger partial charge in [0.15, 0.2) is 0 Å². The molecule has 0 radical (unpaired) electrons. The van der Waals surface area contributed by atoms with Gasteiger partial charge < -0.3 is 5.32 Å². The maximum atomic E-state index is 12.7. The number of aliphatic imine (C=N–C) groups is 1. The molecule has 0 aliphatic carbocycles. The van der Waals surface area contributed by atoms with Gasteiger partial charge >= 0.3 is 0 Å². The normalized spacial score (nSPS) is 17.2. The fraction of sp³-hybridized carbons (Fsp3) is 0.333. The Morgan fingerprint density at radius 3 is 2.50 bits per heavy atom. The van der Waals surface area contributed by atoms with Gasteiger partial charge in [-0.05, 0) is 42.5 Å². The van der Waals surface area contributed by atoms with Gasteiger partial charge in [0.1, 0.15) is 11.9 Å². The van der Waals surface area contributed by atoms with Crippen molar-refractivity contribution >= 4 is 21.8 Å². The summed E-state index contributed by atoms with van der Waals surface area (Å²) in [4.78, 5) is 17.4. The Morgan fingerprint density at radius 1 is 1.11 bits per heavy atom. The standard InChI is InChI=1S/C21H25N3O3S/c1-14(2)19(21(25)22-13-12-16-9-5-4-8-15(16)3)23-20-17-10-6-7-11-18(17)28(26,27)24-20/h4-11,14,19H,12-13H2,1-3H3,(H,22,25)(H,23,24). The first-order valence-electron chi connectivity index (χ1n) is 9.32. The molecule has 6 nitrogen and oxygen atoms in total. The van der Waals surface area contributed by atoms with E-state index in [1.807, 2.05) is 45.0 Å². The highest BCUT2D eigenvalue weighted by Crippen LogP contribution is 2.23. The fourth-order valence-corrected chi connectivity index (χ4v) is 4.43. The zero-order chi connectivity index (χ0) is 20.3. The van der Waals surface area contributed by atoms with Crippen molar-refractivity contribution in [1.82, 2.24) is 10.0 Å². The van der Waals surface area contributed by atoms with Crippen LogP contribution in [0.2, 0.25) is 0 Å². The molecule has 148 valence electrons. The van der Waals surface area contributed by atoms with E-state index in [0.717, 1.165) is 6.42 Å². The van der Waals surface area contributed by atoms with Crippen molar-refractivity contribution in [2.24, 2.45) is 10.9 Å². The third-order valence-electron chi connectivity index (χ3n) is 4.79. The van der Waals surface area contributed by atoms with Crippen molar-refractivity contribution < 1.29 is 13.2 Å². The van der Waals surface area contributed by atoms with Crippen molar-refractivity contribution in [2.75, 3.05) is 6.54 Å². The van der Waals surface area contributed by atoms with E-state index in [-0.39, 0.29) is 22.6 Å². The summed E-state index contributed by atoms with van der Waals surface area (Å²) in [5.74, 6) is -0.0637. The molecule has 0 saturated carbocycles. The lowest BCUT2D eigenvalue weighted by Crippen LogP contribution is -2.39. The summed E-state index contributed by atoms with van der Waals surface area (Å²) in [6.07, 6.45) is 0.731. The highest BCUT2D eigenvalue weighted by Gasteiger charge is 2.32. The number of rotatable bonds is 6. The van der Waals surface area contributed by atoms with Crippen LogP contribution in [-0.4, -0.2) is 32.7 Å². The van der Waals surface area contributed by atoms with Gasteiger partial charge in [0.2, 0.25) is 5.91 Å². The van der Waals surface area contributed by atoms with Gasteiger partial charge in [-0.15, -0.1) is 0 Å². The number of aryl methyl sites for hydroxylation is 1. The second-order valence-electron chi connectivity index (χ2n) is 7.24.